The average Bonchev–Trinajstić information content (AvgIpc) is 2.73. The van der Waals surface area contributed by atoms with Gasteiger partial charge in [0.1, 0.15) is 12.3 Å². The molecule has 1 N–H and O–H groups in total. The number of phenolic OH excluding ortho intramolecular Hbond substituents is 1. The number of phenols is 1. The first kappa shape index (κ1) is 14.9. The number of amides is 1. The van der Waals surface area contributed by atoms with Crippen LogP contribution in [0.3, 0.4) is 0 Å². The lowest BCUT2D eigenvalue weighted by molar-refractivity contribution is -0.133. The highest BCUT2D eigenvalue weighted by molar-refractivity contribution is 6.31. The summed E-state index contributed by atoms with van der Waals surface area (Å²) >= 11 is 6.12. The van der Waals surface area contributed by atoms with Crippen molar-refractivity contribution >= 4 is 17.5 Å². The van der Waals surface area contributed by atoms with E-state index in [-0.39, 0.29) is 18.2 Å². The van der Waals surface area contributed by atoms with Crippen molar-refractivity contribution in [1.82, 2.24) is 14.7 Å². The normalized spacial score (nSPS) is 14.0. The van der Waals surface area contributed by atoms with E-state index < -0.39 is 0 Å². The molecule has 2 heterocycles. The summed E-state index contributed by atoms with van der Waals surface area (Å²) in [5.74, 6) is 0.245. The first-order chi connectivity index (χ1) is 10.5. The van der Waals surface area contributed by atoms with Gasteiger partial charge in [0.15, 0.2) is 0 Å². The highest BCUT2D eigenvalue weighted by atomic mass is 35.5. The smallest absolute Gasteiger partial charge is 0.244 e. The molecule has 0 saturated carbocycles. The van der Waals surface area contributed by atoms with E-state index >= 15 is 0 Å². The van der Waals surface area contributed by atoms with Gasteiger partial charge in [-0.05, 0) is 43.5 Å². The molecule has 0 atom stereocenters. The summed E-state index contributed by atoms with van der Waals surface area (Å²) < 4.78 is 1.65. The van der Waals surface area contributed by atoms with Crippen molar-refractivity contribution in [2.75, 3.05) is 6.54 Å². The molecule has 3 rings (SSSR count). The van der Waals surface area contributed by atoms with Gasteiger partial charge in [0.25, 0.3) is 0 Å². The molecule has 116 valence electrons. The third-order valence-corrected chi connectivity index (χ3v) is 4.68. The maximum Gasteiger partial charge on any atom is 0.244 e. The summed E-state index contributed by atoms with van der Waals surface area (Å²) in [6.07, 6.45) is 0.805. The Hall–Kier alpha value is -2.01. The second-order valence-corrected chi connectivity index (χ2v) is 6.04. The third-order valence-electron chi connectivity index (χ3n) is 4.13. The van der Waals surface area contributed by atoms with E-state index in [9.17, 15) is 9.90 Å². The highest BCUT2D eigenvalue weighted by Gasteiger charge is 2.22. The molecule has 1 amide bonds. The van der Waals surface area contributed by atoms with Crippen LogP contribution < -0.4 is 0 Å². The Morgan fingerprint density at radius 1 is 1.36 bits per heavy atom. The van der Waals surface area contributed by atoms with E-state index in [1.165, 1.54) is 5.56 Å². The average molecular weight is 320 g/mol. The van der Waals surface area contributed by atoms with Crippen molar-refractivity contribution in [1.29, 1.82) is 0 Å². The Bertz CT molecular complexity index is 739. The first-order valence-corrected chi connectivity index (χ1v) is 7.61. The largest absolute Gasteiger partial charge is 0.508 e. The van der Waals surface area contributed by atoms with Gasteiger partial charge in [-0.1, -0.05) is 17.7 Å². The molecule has 1 aliphatic rings. The number of nitrogens with zero attached hydrogens (tertiary/aromatic N) is 3. The molecule has 6 heteroatoms. The number of hydrogen-bond donors (Lipinski definition) is 1. The van der Waals surface area contributed by atoms with Crippen LogP contribution >= 0.6 is 11.6 Å². The van der Waals surface area contributed by atoms with Crippen molar-refractivity contribution in [2.24, 2.45) is 0 Å². The van der Waals surface area contributed by atoms with Gasteiger partial charge in [0, 0.05) is 13.1 Å². The second-order valence-electron chi connectivity index (χ2n) is 5.66. The maximum absolute atomic E-state index is 12.5. The molecular weight excluding hydrogens is 302 g/mol. The van der Waals surface area contributed by atoms with E-state index in [0.717, 1.165) is 23.4 Å². The zero-order valence-corrected chi connectivity index (χ0v) is 13.4. The number of carbonyl (C=O) groups excluding carboxylic acids is 1. The van der Waals surface area contributed by atoms with E-state index in [0.29, 0.717) is 18.1 Å². The van der Waals surface area contributed by atoms with E-state index in [2.05, 4.69) is 5.10 Å². The topological polar surface area (TPSA) is 58.4 Å². The van der Waals surface area contributed by atoms with Crippen LogP contribution in [-0.4, -0.2) is 32.2 Å². The molecule has 5 nitrogen and oxygen atoms in total. The Kier molecular flexibility index (Phi) is 3.83. The number of aromatic nitrogens is 2. The minimum Gasteiger partial charge on any atom is -0.508 e. The minimum absolute atomic E-state index is 0.0104. The molecule has 1 aliphatic heterocycles. The van der Waals surface area contributed by atoms with Gasteiger partial charge in [-0.2, -0.15) is 5.10 Å². The second kappa shape index (κ2) is 5.65. The Labute approximate surface area is 134 Å². The zero-order chi connectivity index (χ0) is 15.9. The fourth-order valence-corrected chi connectivity index (χ4v) is 2.95. The molecular formula is C16H18ClN3O2. The third kappa shape index (κ3) is 2.68. The van der Waals surface area contributed by atoms with Crippen molar-refractivity contribution in [3.8, 4) is 5.75 Å². The van der Waals surface area contributed by atoms with Crippen molar-refractivity contribution < 1.29 is 9.90 Å². The Morgan fingerprint density at radius 2 is 2.14 bits per heavy atom. The molecule has 0 spiro atoms. The quantitative estimate of drug-likeness (QED) is 0.925. The van der Waals surface area contributed by atoms with E-state index in [1.54, 1.807) is 21.7 Å². The molecule has 22 heavy (non-hydrogen) atoms. The molecule has 0 fully saturated rings. The van der Waals surface area contributed by atoms with Crippen LogP contribution in [-0.2, 0) is 24.3 Å². The van der Waals surface area contributed by atoms with Gasteiger partial charge in [0.05, 0.1) is 16.4 Å². The standard InChI is InChI=1S/C16H18ClN3O2/c1-10-16(17)11(2)20(18-10)9-15(22)19-6-5-12-3-4-14(21)7-13(12)8-19/h3-4,7,21H,5-6,8-9H2,1-2H3. The summed E-state index contributed by atoms with van der Waals surface area (Å²) in [7, 11) is 0. The van der Waals surface area contributed by atoms with Gasteiger partial charge in [-0.15, -0.1) is 0 Å². The number of aromatic hydroxyl groups is 1. The minimum atomic E-state index is 0.0104. The number of aryl methyl sites for hydroxylation is 1. The predicted octanol–water partition coefficient (Wildman–Crippen LogP) is 2.44. The van der Waals surface area contributed by atoms with Crippen molar-refractivity contribution in [3.63, 3.8) is 0 Å². The lowest BCUT2D eigenvalue weighted by atomic mass is 9.99. The number of carbonyl (C=O) groups is 1. The van der Waals surface area contributed by atoms with E-state index in [1.807, 2.05) is 19.9 Å². The fraction of sp³-hybridized carbons (Fsp3) is 0.375. The molecule has 1 aromatic carbocycles. The van der Waals surface area contributed by atoms with Crippen LogP contribution in [0.4, 0.5) is 0 Å². The van der Waals surface area contributed by atoms with E-state index in [4.69, 9.17) is 11.6 Å². The van der Waals surface area contributed by atoms with Gasteiger partial charge in [0.2, 0.25) is 5.91 Å². The molecule has 0 saturated heterocycles. The highest BCUT2D eigenvalue weighted by Crippen LogP contribution is 2.24. The number of benzene rings is 1. The Morgan fingerprint density at radius 3 is 2.82 bits per heavy atom. The molecule has 0 aliphatic carbocycles. The van der Waals surface area contributed by atoms with Crippen LogP contribution in [0.2, 0.25) is 5.02 Å². The predicted molar refractivity (Wildman–Crippen MR) is 83.9 cm³/mol. The molecule has 0 unspecified atom stereocenters. The van der Waals surface area contributed by atoms with Crippen LogP contribution in [0.25, 0.3) is 0 Å². The SMILES string of the molecule is Cc1nn(CC(=O)N2CCc3ccc(O)cc3C2)c(C)c1Cl. The van der Waals surface area contributed by atoms with Crippen LogP contribution in [0.15, 0.2) is 18.2 Å². The summed E-state index contributed by atoms with van der Waals surface area (Å²) in [5, 5.41) is 14.5. The molecule has 2 aromatic rings. The summed E-state index contributed by atoms with van der Waals surface area (Å²) in [6.45, 7) is 5.09. The monoisotopic (exact) mass is 319 g/mol. The zero-order valence-electron chi connectivity index (χ0n) is 12.6. The Balaban J connectivity index is 1.75. The lowest BCUT2D eigenvalue weighted by Gasteiger charge is -2.29. The molecule has 0 bridgehead atoms. The number of halogens is 1. The summed E-state index contributed by atoms with van der Waals surface area (Å²) in [4.78, 5) is 14.3. The van der Waals surface area contributed by atoms with Crippen LogP contribution in [0.5, 0.6) is 5.75 Å². The van der Waals surface area contributed by atoms with Crippen LogP contribution in [0.1, 0.15) is 22.5 Å². The number of rotatable bonds is 2. The number of hydrogen-bond acceptors (Lipinski definition) is 3. The van der Waals surface area contributed by atoms with Gasteiger partial charge < -0.3 is 10.0 Å². The molecule has 1 aromatic heterocycles. The molecule has 0 radical (unpaired) electrons. The van der Waals surface area contributed by atoms with Crippen molar-refractivity contribution in [3.05, 3.63) is 45.7 Å². The van der Waals surface area contributed by atoms with Gasteiger partial charge >= 0.3 is 0 Å². The van der Waals surface area contributed by atoms with Gasteiger partial charge in [-0.25, -0.2) is 0 Å². The van der Waals surface area contributed by atoms with Gasteiger partial charge in [-0.3, -0.25) is 9.48 Å². The van der Waals surface area contributed by atoms with Crippen LogP contribution in [0, 0.1) is 13.8 Å². The number of fused-ring (bicyclic) bond motifs is 1. The summed E-state index contributed by atoms with van der Waals surface area (Å²) in [5.41, 5.74) is 3.74. The lowest BCUT2D eigenvalue weighted by Crippen LogP contribution is -2.38. The summed E-state index contributed by atoms with van der Waals surface area (Å²) in [6, 6.07) is 5.34. The first-order valence-electron chi connectivity index (χ1n) is 7.23. The maximum atomic E-state index is 12.5. The fourth-order valence-electron chi connectivity index (χ4n) is 2.81. The van der Waals surface area contributed by atoms with Crippen molar-refractivity contribution in [2.45, 2.75) is 33.4 Å².